The molecule has 0 amide bonds. The van der Waals surface area contributed by atoms with Crippen molar-refractivity contribution in [2.75, 3.05) is 11.5 Å². The fourth-order valence-corrected chi connectivity index (χ4v) is 3.95. The van der Waals surface area contributed by atoms with Crippen molar-refractivity contribution >= 4 is 15.5 Å². The molecule has 94 valence electrons. The molecule has 1 saturated carbocycles. The maximum atomic E-state index is 12.1. The van der Waals surface area contributed by atoms with Crippen LogP contribution in [0.25, 0.3) is 0 Å². The van der Waals surface area contributed by atoms with Crippen molar-refractivity contribution in [1.82, 2.24) is 4.98 Å². The van der Waals surface area contributed by atoms with E-state index in [0.29, 0.717) is 5.92 Å². The Morgan fingerprint density at radius 2 is 2.06 bits per heavy atom. The van der Waals surface area contributed by atoms with Gasteiger partial charge < -0.3 is 5.73 Å². The quantitative estimate of drug-likeness (QED) is 0.892. The first kappa shape index (κ1) is 12.4. The van der Waals surface area contributed by atoms with E-state index in [1.54, 1.807) is 0 Å². The van der Waals surface area contributed by atoms with Crippen LogP contribution < -0.4 is 5.73 Å². The number of hydrogen-bond acceptors (Lipinski definition) is 4. The Morgan fingerprint density at radius 1 is 1.35 bits per heavy atom. The third kappa shape index (κ3) is 2.97. The van der Waals surface area contributed by atoms with E-state index in [1.807, 2.05) is 0 Å². The minimum absolute atomic E-state index is 0.200. The number of nitrogens with two attached hydrogens (primary N) is 1. The van der Waals surface area contributed by atoms with Gasteiger partial charge in [-0.25, -0.2) is 8.42 Å². The van der Waals surface area contributed by atoms with Gasteiger partial charge in [0, 0.05) is 6.20 Å². The highest BCUT2D eigenvalue weighted by Gasteiger charge is 2.21. The van der Waals surface area contributed by atoms with Crippen LogP contribution in [-0.2, 0) is 9.84 Å². The van der Waals surface area contributed by atoms with E-state index >= 15 is 0 Å². The highest BCUT2D eigenvalue weighted by atomic mass is 32.2. The average Bonchev–Trinajstić information content (AvgIpc) is 2.80. The predicted molar refractivity (Wildman–Crippen MR) is 67.3 cm³/mol. The molecule has 0 aliphatic heterocycles. The van der Waals surface area contributed by atoms with E-state index in [-0.39, 0.29) is 16.3 Å². The summed E-state index contributed by atoms with van der Waals surface area (Å²) in [7, 11) is -3.24. The zero-order valence-electron chi connectivity index (χ0n) is 9.80. The molecule has 5 heteroatoms. The number of pyridine rings is 1. The second kappa shape index (κ2) is 5.04. The standard InChI is InChI=1S/C12H18N2O2S/c13-11-9-14-7-5-12(11)17(15,16)8-6-10-3-1-2-4-10/h5,7,9-10H,1-4,6,8,13H2. The van der Waals surface area contributed by atoms with Crippen LogP contribution in [-0.4, -0.2) is 19.2 Å². The molecule has 0 bridgehead atoms. The van der Waals surface area contributed by atoms with Crippen molar-refractivity contribution < 1.29 is 8.42 Å². The molecule has 4 nitrogen and oxygen atoms in total. The summed E-state index contributed by atoms with van der Waals surface area (Å²) in [5.41, 5.74) is 5.90. The Balaban J connectivity index is 2.06. The summed E-state index contributed by atoms with van der Waals surface area (Å²) in [6.45, 7) is 0. The van der Waals surface area contributed by atoms with E-state index in [0.717, 1.165) is 6.42 Å². The van der Waals surface area contributed by atoms with E-state index in [4.69, 9.17) is 5.73 Å². The number of aromatic nitrogens is 1. The van der Waals surface area contributed by atoms with E-state index in [1.165, 1.54) is 44.1 Å². The van der Waals surface area contributed by atoms with Gasteiger partial charge in [0.15, 0.2) is 9.84 Å². The molecule has 1 aliphatic rings. The Hall–Kier alpha value is -1.10. The van der Waals surface area contributed by atoms with Crippen molar-refractivity contribution in [3.05, 3.63) is 18.5 Å². The normalized spacial score (nSPS) is 17.4. The molecule has 1 heterocycles. The van der Waals surface area contributed by atoms with Crippen LogP contribution in [0.15, 0.2) is 23.4 Å². The first-order valence-corrected chi connectivity index (χ1v) is 7.67. The summed E-state index contributed by atoms with van der Waals surface area (Å²) in [4.78, 5) is 4.03. The van der Waals surface area contributed by atoms with Crippen molar-refractivity contribution in [2.24, 2.45) is 5.92 Å². The van der Waals surface area contributed by atoms with Crippen LogP contribution in [0.4, 0.5) is 5.69 Å². The Morgan fingerprint density at radius 3 is 2.71 bits per heavy atom. The lowest BCUT2D eigenvalue weighted by atomic mass is 10.1. The number of sulfone groups is 1. The second-order valence-corrected chi connectivity index (χ2v) is 6.75. The molecule has 2 N–H and O–H groups in total. The van der Waals surface area contributed by atoms with Crippen LogP contribution >= 0.6 is 0 Å². The van der Waals surface area contributed by atoms with Crippen molar-refractivity contribution in [3.63, 3.8) is 0 Å². The van der Waals surface area contributed by atoms with Crippen LogP contribution in [0.5, 0.6) is 0 Å². The maximum Gasteiger partial charge on any atom is 0.180 e. The fraction of sp³-hybridized carbons (Fsp3) is 0.583. The largest absolute Gasteiger partial charge is 0.396 e. The predicted octanol–water partition coefficient (Wildman–Crippen LogP) is 2.02. The van der Waals surface area contributed by atoms with Gasteiger partial charge in [-0.3, -0.25) is 4.98 Å². The minimum atomic E-state index is -3.24. The zero-order chi connectivity index (χ0) is 12.3. The van der Waals surface area contributed by atoms with Crippen molar-refractivity contribution in [3.8, 4) is 0 Å². The zero-order valence-corrected chi connectivity index (χ0v) is 10.6. The first-order valence-electron chi connectivity index (χ1n) is 6.02. The molecule has 2 rings (SSSR count). The number of nitrogen functional groups attached to an aromatic ring is 1. The third-order valence-corrected chi connectivity index (χ3v) is 5.23. The Bertz CT molecular complexity index is 479. The van der Waals surface area contributed by atoms with Crippen LogP contribution in [0, 0.1) is 5.92 Å². The Kier molecular flexibility index (Phi) is 3.66. The van der Waals surface area contributed by atoms with E-state index in [9.17, 15) is 8.42 Å². The lowest BCUT2D eigenvalue weighted by Gasteiger charge is -2.10. The van der Waals surface area contributed by atoms with Gasteiger partial charge in [-0.15, -0.1) is 0 Å². The van der Waals surface area contributed by atoms with Gasteiger partial charge in [-0.1, -0.05) is 25.7 Å². The molecule has 0 atom stereocenters. The number of hydrogen-bond donors (Lipinski definition) is 1. The Labute approximate surface area is 102 Å². The second-order valence-electron chi connectivity index (χ2n) is 4.67. The van der Waals surface area contributed by atoms with Crippen molar-refractivity contribution in [1.29, 1.82) is 0 Å². The van der Waals surface area contributed by atoms with E-state index < -0.39 is 9.84 Å². The first-order chi connectivity index (χ1) is 8.09. The van der Waals surface area contributed by atoms with Gasteiger partial charge in [-0.2, -0.15) is 0 Å². The summed E-state index contributed by atoms with van der Waals surface area (Å²) < 4.78 is 24.2. The summed E-state index contributed by atoms with van der Waals surface area (Å²) in [6.07, 6.45) is 8.43. The molecule has 1 aromatic rings. The molecule has 17 heavy (non-hydrogen) atoms. The molecule has 1 fully saturated rings. The minimum Gasteiger partial charge on any atom is -0.396 e. The van der Waals surface area contributed by atoms with Gasteiger partial charge in [0.1, 0.15) is 0 Å². The van der Waals surface area contributed by atoms with Gasteiger partial charge in [0.2, 0.25) is 0 Å². The summed E-state index contributed by atoms with van der Waals surface area (Å²) in [6, 6.07) is 1.49. The molecule has 0 aromatic carbocycles. The number of anilines is 1. The average molecular weight is 254 g/mol. The lowest BCUT2D eigenvalue weighted by Crippen LogP contribution is -2.12. The molecule has 0 radical (unpaired) electrons. The molecular formula is C12H18N2O2S. The fourth-order valence-electron chi connectivity index (χ4n) is 2.41. The van der Waals surface area contributed by atoms with Gasteiger partial charge in [0.05, 0.1) is 22.5 Å². The van der Waals surface area contributed by atoms with Crippen LogP contribution in [0.1, 0.15) is 32.1 Å². The molecule has 1 aromatic heterocycles. The van der Waals surface area contributed by atoms with Crippen LogP contribution in [0.2, 0.25) is 0 Å². The smallest absolute Gasteiger partial charge is 0.180 e. The van der Waals surface area contributed by atoms with Gasteiger partial charge >= 0.3 is 0 Å². The highest BCUT2D eigenvalue weighted by molar-refractivity contribution is 7.91. The molecule has 1 aliphatic carbocycles. The highest BCUT2D eigenvalue weighted by Crippen LogP contribution is 2.29. The molecule has 0 saturated heterocycles. The lowest BCUT2D eigenvalue weighted by molar-refractivity contribution is 0.521. The number of rotatable bonds is 4. The summed E-state index contributed by atoms with van der Waals surface area (Å²) in [5, 5.41) is 0. The molecular weight excluding hydrogens is 236 g/mol. The van der Waals surface area contributed by atoms with Crippen molar-refractivity contribution in [2.45, 2.75) is 37.0 Å². The SMILES string of the molecule is Nc1cnccc1S(=O)(=O)CCC1CCCC1. The molecule has 0 spiro atoms. The van der Waals surface area contributed by atoms with Gasteiger partial charge in [0.25, 0.3) is 0 Å². The number of nitrogens with zero attached hydrogens (tertiary/aromatic N) is 1. The molecule has 0 unspecified atom stereocenters. The monoisotopic (exact) mass is 254 g/mol. The van der Waals surface area contributed by atoms with Gasteiger partial charge in [-0.05, 0) is 18.4 Å². The van der Waals surface area contributed by atoms with E-state index in [2.05, 4.69) is 4.98 Å². The van der Waals surface area contributed by atoms with Crippen LogP contribution in [0.3, 0.4) is 0 Å². The third-order valence-electron chi connectivity index (χ3n) is 3.41. The summed E-state index contributed by atoms with van der Waals surface area (Å²) in [5.74, 6) is 0.777. The maximum absolute atomic E-state index is 12.1. The topological polar surface area (TPSA) is 73.0 Å². The summed E-state index contributed by atoms with van der Waals surface area (Å²) >= 11 is 0.